The molecule has 0 saturated carbocycles. The van der Waals surface area contributed by atoms with Crippen molar-refractivity contribution in [2.45, 2.75) is 6.92 Å². The average Bonchev–Trinajstić information content (AvgIpc) is 1.85. The van der Waals surface area contributed by atoms with Crippen LogP contribution in [0.5, 0.6) is 0 Å². The summed E-state index contributed by atoms with van der Waals surface area (Å²) < 4.78 is 12.1. The van der Waals surface area contributed by atoms with Crippen LogP contribution in [-0.2, 0) is 0 Å². The Bertz CT molecular complexity index is 175. The van der Waals surface area contributed by atoms with Crippen molar-refractivity contribution >= 4 is 22.9 Å². The van der Waals surface area contributed by atoms with Crippen molar-refractivity contribution in [1.82, 2.24) is 0 Å². The van der Waals surface area contributed by atoms with Crippen molar-refractivity contribution in [2.24, 2.45) is 0 Å². The minimum atomic E-state index is -0.215. The maximum absolute atomic E-state index is 12.1. The third-order valence-corrected chi connectivity index (χ3v) is 2.17. The van der Waals surface area contributed by atoms with E-state index >= 15 is 0 Å². The molecule has 0 radical (unpaired) electrons. The van der Waals surface area contributed by atoms with Gasteiger partial charge in [-0.15, -0.1) is 11.3 Å². The van der Waals surface area contributed by atoms with Gasteiger partial charge in [-0.2, -0.15) is 4.39 Å². The van der Waals surface area contributed by atoms with E-state index in [1.54, 1.807) is 6.92 Å². The first-order chi connectivity index (χ1) is 3.70. The molecule has 0 atom stereocenters. The molecule has 0 saturated heterocycles. The standard InChI is InChI=1S/C5H4ClFS/c1-3-4(6)2-5(7)8-3/h2H,1H3. The Kier molecular flexibility index (Phi) is 1.54. The Morgan fingerprint density at radius 1 is 1.75 bits per heavy atom. The molecule has 0 bridgehead atoms. The van der Waals surface area contributed by atoms with Crippen LogP contribution in [0.15, 0.2) is 6.07 Å². The topological polar surface area (TPSA) is 0 Å². The Hall–Kier alpha value is -0.0800. The Morgan fingerprint density at radius 2 is 2.38 bits per heavy atom. The highest BCUT2D eigenvalue weighted by molar-refractivity contribution is 7.10. The first-order valence-corrected chi connectivity index (χ1v) is 3.31. The number of hydrogen-bond acceptors (Lipinski definition) is 1. The summed E-state index contributed by atoms with van der Waals surface area (Å²) in [5, 5.41) is 0.306. The molecule has 0 fully saturated rings. The van der Waals surface area contributed by atoms with Crippen molar-refractivity contribution in [3.05, 3.63) is 21.1 Å². The van der Waals surface area contributed by atoms with Gasteiger partial charge in [-0.05, 0) is 6.92 Å². The zero-order valence-electron chi connectivity index (χ0n) is 4.24. The van der Waals surface area contributed by atoms with Gasteiger partial charge in [0.05, 0.1) is 5.02 Å². The van der Waals surface area contributed by atoms with Crippen molar-refractivity contribution in [2.75, 3.05) is 0 Å². The van der Waals surface area contributed by atoms with E-state index in [4.69, 9.17) is 11.6 Å². The van der Waals surface area contributed by atoms with E-state index in [-0.39, 0.29) is 5.13 Å². The normalized spacial score (nSPS) is 9.88. The molecule has 44 valence electrons. The molecule has 0 aliphatic rings. The van der Waals surface area contributed by atoms with Crippen molar-refractivity contribution < 1.29 is 4.39 Å². The van der Waals surface area contributed by atoms with Crippen LogP contribution in [0.2, 0.25) is 5.02 Å². The van der Waals surface area contributed by atoms with Crippen LogP contribution in [-0.4, -0.2) is 0 Å². The first-order valence-electron chi connectivity index (χ1n) is 2.11. The third kappa shape index (κ3) is 1.01. The molecule has 0 unspecified atom stereocenters. The van der Waals surface area contributed by atoms with Crippen LogP contribution < -0.4 is 0 Å². The lowest BCUT2D eigenvalue weighted by molar-refractivity contribution is 0.657. The summed E-state index contributed by atoms with van der Waals surface area (Å²) in [6.07, 6.45) is 0. The Labute approximate surface area is 55.9 Å². The zero-order valence-corrected chi connectivity index (χ0v) is 5.81. The summed E-state index contributed by atoms with van der Waals surface area (Å²) in [5.41, 5.74) is 0. The summed E-state index contributed by atoms with van der Waals surface area (Å²) in [5.74, 6) is 0. The van der Waals surface area contributed by atoms with Crippen LogP contribution in [0.3, 0.4) is 0 Å². The molecule has 0 aliphatic carbocycles. The van der Waals surface area contributed by atoms with Gasteiger partial charge in [-0.25, -0.2) is 0 Å². The fourth-order valence-electron chi connectivity index (χ4n) is 0.426. The quantitative estimate of drug-likeness (QED) is 0.534. The minimum Gasteiger partial charge on any atom is -0.195 e. The van der Waals surface area contributed by atoms with Crippen LogP contribution in [0.1, 0.15) is 4.88 Å². The van der Waals surface area contributed by atoms with Gasteiger partial charge in [-0.1, -0.05) is 11.6 Å². The van der Waals surface area contributed by atoms with Gasteiger partial charge in [0.2, 0.25) is 0 Å². The van der Waals surface area contributed by atoms with Crippen molar-refractivity contribution in [3.63, 3.8) is 0 Å². The van der Waals surface area contributed by atoms with E-state index < -0.39 is 0 Å². The molecular formula is C5H4ClFS. The minimum absolute atomic E-state index is 0.215. The fraction of sp³-hybridized carbons (Fsp3) is 0.200. The number of aryl methyl sites for hydroxylation is 1. The maximum atomic E-state index is 12.1. The van der Waals surface area contributed by atoms with Crippen LogP contribution in [0.4, 0.5) is 4.39 Å². The highest BCUT2D eigenvalue weighted by Gasteiger charge is 1.99. The molecule has 0 N–H and O–H groups in total. The molecular weight excluding hydrogens is 147 g/mol. The molecule has 0 nitrogen and oxygen atoms in total. The molecule has 0 aromatic carbocycles. The SMILES string of the molecule is Cc1sc(F)cc1Cl. The summed E-state index contributed by atoms with van der Waals surface area (Å²) in [4.78, 5) is 0.837. The number of thiophene rings is 1. The summed E-state index contributed by atoms with van der Waals surface area (Å²) in [6.45, 7) is 1.79. The van der Waals surface area contributed by atoms with Crippen molar-refractivity contribution in [3.8, 4) is 0 Å². The molecule has 3 heteroatoms. The Balaban J connectivity index is 3.14. The highest BCUT2D eigenvalue weighted by atomic mass is 35.5. The number of rotatable bonds is 0. The van der Waals surface area contributed by atoms with Crippen LogP contribution >= 0.6 is 22.9 Å². The van der Waals surface area contributed by atoms with Gasteiger partial charge in [0.15, 0.2) is 5.13 Å². The van der Waals surface area contributed by atoms with Gasteiger partial charge >= 0.3 is 0 Å². The lowest BCUT2D eigenvalue weighted by Gasteiger charge is -1.76. The van der Waals surface area contributed by atoms with E-state index in [1.165, 1.54) is 6.07 Å². The molecule has 0 aliphatic heterocycles. The summed E-state index contributed by atoms with van der Waals surface area (Å²) in [7, 11) is 0. The van der Waals surface area contributed by atoms with E-state index in [1.807, 2.05) is 0 Å². The maximum Gasteiger partial charge on any atom is 0.178 e. The molecule has 1 aromatic rings. The predicted molar refractivity (Wildman–Crippen MR) is 34.0 cm³/mol. The summed E-state index contributed by atoms with van der Waals surface area (Å²) >= 11 is 6.57. The lowest BCUT2D eigenvalue weighted by atomic mass is 10.5. The highest BCUT2D eigenvalue weighted by Crippen LogP contribution is 2.23. The van der Waals surface area contributed by atoms with Crippen LogP contribution in [0.25, 0.3) is 0 Å². The van der Waals surface area contributed by atoms with Gasteiger partial charge < -0.3 is 0 Å². The monoisotopic (exact) mass is 150 g/mol. The second kappa shape index (κ2) is 2.03. The van der Waals surface area contributed by atoms with E-state index in [0.717, 1.165) is 16.2 Å². The second-order valence-electron chi connectivity index (χ2n) is 1.45. The molecule has 8 heavy (non-hydrogen) atoms. The van der Waals surface area contributed by atoms with E-state index in [9.17, 15) is 4.39 Å². The first kappa shape index (κ1) is 6.05. The molecule has 1 rings (SSSR count). The van der Waals surface area contributed by atoms with Gasteiger partial charge in [-0.3, -0.25) is 0 Å². The van der Waals surface area contributed by atoms with Crippen LogP contribution in [0, 0.1) is 12.1 Å². The van der Waals surface area contributed by atoms with Crippen molar-refractivity contribution in [1.29, 1.82) is 0 Å². The average molecular weight is 151 g/mol. The predicted octanol–water partition coefficient (Wildman–Crippen LogP) is 2.85. The Morgan fingerprint density at radius 3 is 2.50 bits per heavy atom. The largest absolute Gasteiger partial charge is 0.195 e. The smallest absolute Gasteiger partial charge is 0.178 e. The fourth-order valence-corrected chi connectivity index (χ4v) is 1.33. The molecule has 1 aromatic heterocycles. The third-order valence-electron chi connectivity index (χ3n) is 0.827. The molecule has 0 amide bonds. The van der Waals surface area contributed by atoms with Gasteiger partial charge in [0, 0.05) is 10.9 Å². The molecule has 1 heterocycles. The lowest BCUT2D eigenvalue weighted by Crippen LogP contribution is -1.53. The van der Waals surface area contributed by atoms with E-state index in [0.29, 0.717) is 5.02 Å². The summed E-state index contributed by atoms with van der Waals surface area (Å²) in [6, 6.07) is 1.32. The second-order valence-corrected chi connectivity index (χ2v) is 3.07. The molecule has 0 spiro atoms. The van der Waals surface area contributed by atoms with Gasteiger partial charge in [0.1, 0.15) is 0 Å². The van der Waals surface area contributed by atoms with E-state index in [2.05, 4.69) is 0 Å². The number of halogens is 2. The zero-order chi connectivity index (χ0) is 6.15. The number of hydrogen-bond donors (Lipinski definition) is 0. The van der Waals surface area contributed by atoms with Gasteiger partial charge in [0.25, 0.3) is 0 Å².